The van der Waals surface area contributed by atoms with Gasteiger partial charge >= 0.3 is 5.51 Å². The molecule has 1 aromatic carbocycles. The van der Waals surface area contributed by atoms with Crippen LogP contribution in [0.5, 0.6) is 5.75 Å². The van der Waals surface area contributed by atoms with Gasteiger partial charge in [0, 0.05) is 10.5 Å². The van der Waals surface area contributed by atoms with Gasteiger partial charge < -0.3 is 4.74 Å². The molecule has 0 saturated carbocycles. The quantitative estimate of drug-likeness (QED) is 0.601. The highest BCUT2D eigenvalue weighted by atomic mass is 79.9. The minimum absolute atomic E-state index is 0.0427. The zero-order valence-electron chi connectivity index (χ0n) is 9.55. The van der Waals surface area contributed by atoms with Crippen LogP contribution >= 0.6 is 27.7 Å². The number of ketones is 1. The second kappa shape index (κ2) is 5.97. The average molecular weight is 343 g/mol. The largest absolute Gasteiger partial charge is 0.496 e. The number of halogens is 4. The number of carbonyl (C=O) groups excluding carboxylic acids is 1. The Balaban J connectivity index is 3.29. The van der Waals surface area contributed by atoms with Crippen molar-refractivity contribution in [1.29, 1.82) is 0 Å². The number of ether oxygens (including phenoxy) is 1. The van der Waals surface area contributed by atoms with Gasteiger partial charge in [-0.2, -0.15) is 13.2 Å². The molecule has 0 fully saturated rings. The third-order valence-corrected chi connectivity index (χ3v) is 3.99. The fourth-order valence-electron chi connectivity index (χ4n) is 1.37. The topological polar surface area (TPSA) is 26.3 Å². The Morgan fingerprint density at radius 3 is 2.50 bits per heavy atom. The van der Waals surface area contributed by atoms with Gasteiger partial charge in [-0.3, -0.25) is 4.79 Å². The van der Waals surface area contributed by atoms with E-state index in [4.69, 9.17) is 4.74 Å². The Bertz CT molecular complexity index is 448. The van der Waals surface area contributed by atoms with E-state index in [0.717, 1.165) is 0 Å². The highest BCUT2D eigenvalue weighted by Gasteiger charge is 2.33. The second-order valence-electron chi connectivity index (χ2n) is 3.39. The van der Waals surface area contributed by atoms with Crippen LogP contribution in [0.15, 0.2) is 23.1 Å². The minimum atomic E-state index is -4.41. The summed E-state index contributed by atoms with van der Waals surface area (Å²) >= 11 is 2.83. The highest BCUT2D eigenvalue weighted by Crippen LogP contribution is 2.45. The zero-order valence-corrected chi connectivity index (χ0v) is 11.9. The van der Waals surface area contributed by atoms with Gasteiger partial charge in [0.05, 0.1) is 7.11 Å². The van der Waals surface area contributed by atoms with Crippen LogP contribution in [-0.4, -0.2) is 18.4 Å². The maximum atomic E-state index is 12.4. The Kier molecular flexibility index (Phi) is 5.10. The number of methoxy groups -OCH3 is 1. The van der Waals surface area contributed by atoms with Crippen molar-refractivity contribution >= 4 is 33.5 Å². The predicted octanol–water partition coefficient (Wildman–Crippen LogP) is 4.33. The molecule has 1 atom stereocenters. The van der Waals surface area contributed by atoms with E-state index in [-0.39, 0.29) is 33.8 Å². The number of thioether (sulfide) groups is 1. The van der Waals surface area contributed by atoms with Gasteiger partial charge in [-0.25, -0.2) is 0 Å². The van der Waals surface area contributed by atoms with Gasteiger partial charge in [-0.15, -0.1) is 0 Å². The van der Waals surface area contributed by atoms with Crippen LogP contribution in [0.3, 0.4) is 0 Å². The van der Waals surface area contributed by atoms with Gasteiger partial charge in [0.15, 0.2) is 0 Å². The van der Waals surface area contributed by atoms with Crippen molar-refractivity contribution in [1.82, 2.24) is 0 Å². The van der Waals surface area contributed by atoms with E-state index < -0.39 is 10.3 Å². The van der Waals surface area contributed by atoms with Crippen molar-refractivity contribution in [2.75, 3.05) is 7.11 Å². The van der Waals surface area contributed by atoms with E-state index >= 15 is 0 Å². The minimum Gasteiger partial charge on any atom is -0.496 e. The van der Waals surface area contributed by atoms with Gasteiger partial charge in [0.1, 0.15) is 16.4 Å². The lowest BCUT2D eigenvalue weighted by molar-refractivity contribution is -0.116. The van der Waals surface area contributed by atoms with Crippen molar-refractivity contribution < 1.29 is 22.7 Å². The summed E-state index contributed by atoms with van der Waals surface area (Å²) in [6, 6.07) is 4.29. The van der Waals surface area contributed by atoms with Crippen LogP contribution in [0, 0.1) is 0 Å². The Labute approximate surface area is 115 Å². The first-order valence-corrected chi connectivity index (χ1v) is 6.56. The van der Waals surface area contributed by atoms with E-state index in [1.807, 2.05) is 0 Å². The molecule has 0 heterocycles. The lowest BCUT2D eigenvalue weighted by Crippen LogP contribution is -2.07. The normalized spacial score (nSPS) is 13.2. The van der Waals surface area contributed by atoms with Crippen molar-refractivity contribution in [2.45, 2.75) is 22.2 Å². The summed E-state index contributed by atoms with van der Waals surface area (Å²) in [4.78, 5) is 10.5. The number of hydrogen-bond acceptors (Lipinski definition) is 3. The molecule has 0 aliphatic carbocycles. The Hall–Kier alpha value is -0.690. The number of carbonyl (C=O) groups is 1. The summed E-state index contributed by atoms with van der Waals surface area (Å²) in [6.07, 6.45) is 0. The molecule has 0 spiro atoms. The zero-order chi connectivity index (χ0) is 13.9. The molecule has 1 unspecified atom stereocenters. The molecule has 18 heavy (non-hydrogen) atoms. The van der Waals surface area contributed by atoms with Crippen LogP contribution in [0.2, 0.25) is 0 Å². The molecule has 0 aliphatic rings. The van der Waals surface area contributed by atoms with Crippen molar-refractivity contribution in [3.8, 4) is 5.75 Å². The maximum absolute atomic E-state index is 12.4. The molecule has 1 rings (SSSR count). The van der Waals surface area contributed by atoms with E-state index in [9.17, 15) is 18.0 Å². The second-order valence-corrected chi connectivity index (χ2v) is 5.42. The van der Waals surface area contributed by atoms with Crippen molar-refractivity contribution in [2.24, 2.45) is 0 Å². The standard InChI is InChI=1S/C11H10BrF3O2S/c1-6(16)10(12)9-7(17-2)4-3-5-8(9)18-11(13,14)15/h3-5,10H,1-2H3. The van der Waals surface area contributed by atoms with Gasteiger partial charge in [0.2, 0.25) is 0 Å². The molecule has 1 aromatic rings. The molecule has 100 valence electrons. The molecule has 0 saturated heterocycles. The molecular formula is C11H10BrF3O2S. The van der Waals surface area contributed by atoms with Crippen LogP contribution in [0.4, 0.5) is 13.2 Å². The summed E-state index contributed by atoms with van der Waals surface area (Å²) in [7, 11) is 1.35. The van der Waals surface area contributed by atoms with Gasteiger partial charge in [0.25, 0.3) is 0 Å². The van der Waals surface area contributed by atoms with E-state index in [1.54, 1.807) is 0 Å². The summed E-state index contributed by atoms with van der Waals surface area (Å²) in [6.45, 7) is 1.30. The number of Topliss-reactive ketones (excluding diaryl/α,β-unsaturated/α-hetero) is 1. The lowest BCUT2D eigenvalue weighted by Gasteiger charge is -2.17. The number of hydrogen-bond donors (Lipinski definition) is 0. The van der Waals surface area contributed by atoms with E-state index in [0.29, 0.717) is 0 Å². The predicted molar refractivity (Wildman–Crippen MR) is 67.3 cm³/mol. The average Bonchev–Trinajstić information content (AvgIpc) is 2.25. The fraction of sp³-hybridized carbons (Fsp3) is 0.364. The summed E-state index contributed by atoms with van der Waals surface area (Å²) < 4.78 is 42.3. The van der Waals surface area contributed by atoms with Gasteiger partial charge in [-0.05, 0) is 30.8 Å². The molecule has 0 N–H and O–H groups in total. The summed E-state index contributed by atoms with van der Waals surface area (Å²) in [5.74, 6) is -0.0372. The highest BCUT2D eigenvalue weighted by molar-refractivity contribution is 9.09. The van der Waals surface area contributed by atoms with E-state index in [1.165, 1.54) is 32.2 Å². The molecule has 0 bridgehead atoms. The molecule has 0 radical (unpaired) electrons. The van der Waals surface area contributed by atoms with Crippen LogP contribution < -0.4 is 4.74 Å². The Morgan fingerprint density at radius 2 is 2.06 bits per heavy atom. The first-order chi connectivity index (χ1) is 8.26. The van der Waals surface area contributed by atoms with Crippen LogP contribution in [-0.2, 0) is 4.79 Å². The van der Waals surface area contributed by atoms with Gasteiger partial charge in [-0.1, -0.05) is 22.0 Å². The first kappa shape index (κ1) is 15.4. The van der Waals surface area contributed by atoms with Crippen LogP contribution in [0.1, 0.15) is 17.3 Å². The number of alkyl halides is 4. The monoisotopic (exact) mass is 342 g/mol. The van der Waals surface area contributed by atoms with Crippen molar-refractivity contribution in [3.63, 3.8) is 0 Å². The number of benzene rings is 1. The molecule has 0 aliphatic heterocycles. The summed E-state index contributed by atoms with van der Waals surface area (Å²) in [5.41, 5.74) is -4.21. The third kappa shape index (κ3) is 3.91. The molecule has 0 aromatic heterocycles. The first-order valence-electron chi connectivity index (χ1n) is 4.83. The molecule has 7 heteroatoms. The van der Waals surface area contributed by atoms with Crippen LogP contribution in [0.25, 0.3) is 0 Å². The molecular weight excluding hydrogens is 333 g/mol. The summed E-state index contributed by atoms with van der Waals surface area (Å²) in [5, 5.41) is 0. The third-order valence-electron chi connectivity index (χ3n) is 2.08. The molecule has 2 nitrogen and oxygen atoms in total. The lowest BCUT2D eigenvalue weighted by atomic mass is 10.1. The number of rotatable bonds is 4. The smallest absolute Gasteiger partial charge is 0.446 e. The van der Waals surface area contributed by atoms with E-state index in [2.05, 4.69) is 15.9 Å². The molecule has 0 amide bonds. The maximum Gasteiger partial charge on any atom is 0.446 e. The Morgan fingerprint density at radius 1 is 1.44 bits per heavy atom. The SMILES string of the molecule is COc1cccc(SC(F)(F)F)c1C(Br)C(C)=O. The fourth-order valence-corrected chi connectivity index (χ4v) is 2.72. The van der Waals surface area contributed by atoms with Crippen molar-refractivity contribution in [3.05, 3.63) is 23.8 Å².